The summed E-state index contributed by atoms with van der Waals surface area (Å²) in [5.74, 6) is 3.21. The molecule has 0 saturated carbocycles. The molecule has 0 amide bonds. The Bertz CT molecular complexity index is 1310. The fourth-order valence-corrected chi connectivity index (χ4v) is 4.62. The molecule has 9 nitrogen and oxygen atoms in total. The second-order valence-electron chi connectivity index (χ2n) is 8.39. The Labute approximate surface area is 203 Å². The number of aliphatic hydroxyl groups is 1. The van der Waals surface area contributed by atoms with Crippen LogP contribution in [0.3, 0.4) is 0 Å². The molecule has 1 aliphatic rings. The molecule has 0 spiro atoms. The lowest BCUT2D eigenvalue weighted by atomic mass is 10.1. The Morgan fingerprint density at radius 1 is 1.06 bits per heavy atom. The molecule has 0 aliphatic carbocycles. The molecule has 1 fully saturated rings. The van der Waals surface area contributed by atoms with Crippen molar-refractivity contribution in [3.8, 4) is 22.9 Å². The number of imidazole rings is 1. The number of nitrogens with zero attached hydrogens (tertiary/aromatic N) is 4. The van der Waals surface area contributed by atoms with E-state index < -0.39 is 0 Å². The normalized spacial score (nSPS) is 15.4. The molecule has 2 N–H and O–H groups in total. The van der Waals surface area contributed by atoms with Crippen LogP contribution in [0.1, 0.15) is 12.8 Å². The minimum Gasteiger partial charge on any atom is -0.493 e. The van der Waals surface area contributed by atoms with Crippen LogP contribution in [0.2, 0.25) is 0 Å². The lowest BCUT2D eigenvalue weighted by Gasteiger charge is -2.25. The number of para-hydroxylation sites is 1. The predicted octanol–water partition coefficient (Wildman–Crippen LogP) is 4.15. The number of methoxy groups -OCH3 is 3. The maximum absolute atomic E-state index is 9.81. The van der Waals surface area contributed by atoms with E-state index in [9.17, 15) is 5.11 Å². The maximum Gasteiger partial charge on any atom is 0.203 e. The molecular weight excluding hydrogens is 446 g/mol. The highest BCUT2D eigenvalue weighted by atomic mass is 16.5. The molecule has 35 heavy (non-hydrogen) atoms. The number of nitrogens with one attached hydrogen (secondary N) is 1. The number of fused-ring (bicyclic) bond motifs is 1. The van der Waals surface area contributed by atoms with Gasteiger partial charge in [-0.2, -0.15) is 0 Å². The second-order valence-corrected chi connectivity index (χ2v) is 8.39. The summed E-state index contributed by atoms with van der Waals surface area (Å²) in [5, 5.41) is 14.3. The average molecular weight is 476 g/mol. The van der Waals surface area contributed by atoms with Crippen LogP contribution < -0.4 is 24.4 Å². The number of aliphatic hydroxyl groups excluding tert-OH is 1. The van der Waals surface area contributed by atoms with Crippen LogP contribution in [0.15, 0.2) is 55.0 Å². The van der Waals surface area contributed by atoms with Crippen molar-refractivity contribution >= 4 is 28.2 Å². The third-order valence-electron chi connectivity index (χ3n) is 6.38. The van der Waals surface area contributed by atoms with Gasteiger partial charge in [-0.1, -0.05) is 18.2 Å². The van der Waals surface area contributed by atoms with Crippen LogP contribution in [0.4, 0.5) is 17.3 Å². The number of hydrogen-bond acceptors (Lipinski definition) is 8. The third-order valence-corrected chi connectivity index (χ3v) is 6.38. The predicted molar refractivity (Wildman–Crippen MR) is 136 cm³/mol. The smallest absolute Gasteiger partial charge is 0.203 e. The highest BCUT2D eigenvalue weighted by Crippen LogP contribution is 2.39. The number of rotatable bonds is 8. The van der Waals surface area contributed by atoms with E-state index in [1.54, 1.807) is 27.7 Å². The van der Waals surface area contributed by atoms with Crippen molar-refractivity contribution in [2.45, 2.75) is 18.9 Å². The van der Waals surface area contributed by atoms with Crippen molar-refractivity contribution in [1.29, 1.82) is 0 Å². The van der Waals surface area contributed by atoms with E-state index in [0.29, 0.717) is 23.1 Å². The molecule has 1 saturated heterocycles. The van der Waals surface area contributed by atoms with Gasteiger partial charge in [-0.3, -0.25) is 0 Å². The number of hydrogen-bond donors (Lipinski definition) is 2. The molecule has 1 unspecified atom stereocenters. The van der Waals surface area contributed by atoms with Gasteiger partial charge in [0.05, 0.1) is 57.1 Å². The van der Waals surface area contributed by atoms with Gasteiger partial charge in [0.1, 0.15) is 18.0 Å². The summed E-state index contributed by atoms with van der Waals surface area (Å²) in [5.41, 5.74) is 2.62. The Balaban J connectivity index is 1.50. The van der Waals surface area contributed by atoms with Gasteiger partial charge < -0.3 is 34.1 Å². The minimum atomic E-state index is 0.0933. The first-order valence-corrected chi connectivity index (χ1v) is 11.5. The quantitative estimate of drug-likeness (QED) is 0.393. The third kappa shape index (κ3) is 4.30. The van der Waals surface area contributed by atoms with Gasteiger partial charge in [-0.05, 0) is 18.9 Å². The summed E-state index contributed by atoms with van der Waals surface area (Å²) in [6.07, 6.45) is 5.65. The largest absolute Gasteiger partial charge is 0.493 e. The summed E-state index contributed by atoms with van der Waals surface area (Å²) < 4.78 is 18.3. The second kappa shape index (κ2) is 9.71. The summed E-state index contributed by atoms with van der Waals surface area (Å²) in [6, 6.07) is 13.9. The van der Waals surface area contributed by atoms with Gasteiger partial charge in [0.15, 0.2) is 11.5 Å². The molecule has 0 radical (unpaired) electrons. The Morgan fingerprint density at radius 2 is 1.83 bits per heavy atom. The molecule has 9 heteroatoms. The van der Waals surface area contributed by atoms with Crippen LogP contribution in [-0.2, 0) is 0 Å². The Kier molecular flexibility index (Phi) is 6.33. The minimum absolute atomic E-state index is 0.0933. The highest BCUT2D eigenvalue weighted by Gasteiger charge is 2.26. The summed E-state index contributed by atoms with van der Waals surface area (Å²) in [7, 11) is 4.77. The van der Waals surface area contributed by atoms with E-state index in [4.69, 9.17) is 19.2 Å². The first-order chi connectivity index (χ1) is 17.1. The molecule has 182 valence electrons. The SMILES string of the molecule is COc1cc(-n2cnc(Nc3cc(N4CCCC4CO)nc4ccccc34)c2)cc(OC)c1OC. The van der Waals surface area contributed by atoms with Crippen LogP contribution >= 0.6 is 0 Å². The van der Waals surface area contributed by atoms with Gasteiger partial charge in [-0.15, -0.1) is 0 Å². The maximum atomic E-state index is 9.81. The van der Waals surface area contributed by atoms with Crippen molar-refractivity contribution in [2.24, 2.45) is 0 Å². The Hall–Kier alpha value is -3.98. The van der Waals surface area contributed by atoms with Crippen molar-refractivity contribution in [1.82, 2.24) is 14.5 Å². The van der Waals surface area contributed by atoms with E-state index in [1.165, 1.54) is 0 Å². The van der Waals surface area contributed by atoms with Crippen molar-refractivity contribution in [3.63, 3.8) is 0 Å². The topological polar surface area (TPSA) is 93.9 Å². The molecule has 1 atom stereocenters. The fraction of sp³-hybridized carbons (Fsp3) is 0.308. The number of pyridine rings is 1. The van der Waals surface area contributed by atoms with E-state index >= 15 is 0 Å². The molecular formula is C26H29N5O4. The average Bonchev–Trinajstić information content (AvgIpc) is 3.57. The first-order valence-electron chi connectivity index (χ1n) is 11.5. The monoisotopic (exact) mass is 475 g/mol. The van der Waals surface area contributed by atoms with Gasteiger partial charge >= 0.3 is 0 Å². The van der Waals surface area contributed by atoms with Gasteiger partial charge in [-0.25, -0.2) is 9.97 Å². The summed E-state index contributed by atoms with van der Waals surface area (Å²) >= 11 is 0. The van der Waals surface area contributed by atoms with Crippen molar-refractivity contribution in [3.05, 3.63) is 55.0 Å². The zero-order valence-electron chi connectivity index (χ0n) is 20.1. The number of ether oxygens (including phenoxy) is 3. The van der Waals surface area contributed by atoms with Crippen LogP contribution in [0.5, 0.6) is 17.2 Å². The molecule has 1 aliphatic heterocycles. The molecule has 0 bridgehead atoms. The van der Waals surface area contributed by atoms with E-state index in [0.717, 1.165) is 47.5 Å². The Morgan fingerprint density at radius 3 is 2.54 bits per heavy atom. The lowest BCUT2D eigenvalue weighted by Crippen LogP contribution is -2.32. The van der Waals surface area contributed by atoms with Gasteiger partial charge in [0, 0.05) is 30.1 Å². The number of aromatic nitrogens is 3. The van der Waals surface area contributed by atoms with E-state index in [-0.39, 0.29) is 12.6 Å². The van der Waals surface area contributed by atoms with Crippen LogP contribution in [-0.4, -0.2) is 60.2 Å². The molecule has 5 rings (SSSR count). The molecule has 4 aromatic rings. The van der Waals surface area contributed by atoms with Gasteiger partial charge in [0.25, 0.3) is 0 Å². The summed E-state index contributed by atoms with van der Waals surface area (Å²) in [6.45, 7) is 1.00. The van der Waals surface area contributed by atoms with Gasteiger partial charge in [0.2, 0.25) is 5.75 Å². The molecule has 2 aromatic carbocycles. The zero-order chi connectivity index (χ0) is 24.4. The molecule has 3 heterocycles. The standard InChI is InChI=1S/C26H29N5O4/c1-33-22-11-18(12-23(34-2)26(22)35-3)30-14-24(27-16-30)28-21-13-25(31-10-6-7-17(31)15-32)29-20-9-5-4-8-19(20)21/h4-5,8-9,11-14,16-17,32H,6-7,10,15H2,1-3H3,(H,28,29). The summed E-state index contributed by atoms with van der Waals surface area (Å²) in [4.78, 5) is 11.6. The number of anilines is 3. The first kappa shape index (κ1) is 22.8. The van der Waals surface area contributed by atoms with Crippen LogP contribution in [0.25, 0.3) is 16.6 Å². The van der Waals surface area contributed by atoms with E-state index in [2.05, 4.69) is 15.2 Å². The van der Waals surface area contributed by atoms with Crippen LogP contribution in [0, 0.1) is 0 Å². The number of benzene rings is 2. The lowest BCUT2D eigenvalue weighted by molar-refractivity contribution is 0.266. The zero-order valence-corrected chi connectivity index (χ0v) is 20.1. The van der Waals surface area contributed by atoms with E-state index in [1.807, 2.05) is 53.2 Å². The highest BCUT2D eigenvalue weighted by molar-refractivity contribution is 5.94. The van der Waals surface area contributed by atoms with Crippen molar-refractivity contribution in [2.75, 3.05) is 44.7 Å². The van der Waals surface area contributed by atoms with Crippen molar-refractivity contribution < 1.29 is 19.3 Å². The fourth-order valence-electron chi connectivity index (χ4n) is 4.62. The molecule has 2 aromatic heterocycles.